The molecule has 0 aromatic heterocycles. The quantitative estimate of drug-likeness (QED) is 0.367. The maximum atomic E-state index is 5.44. The van der Waals surface area contributed by atoms with Crippen molar-refractivity contribution in [1.82, 2.24) is 15.1 Å². The van der Waals surface area contributed by atoms with Gasteiger partial charge in [-0.2, -0.15) is 0 Å². The average molecular weight is 452 g/mol. The van der Waals surface area contributed by atoms with Crippen molar-refractivity contribution in [3.8, 4) is 0 Å². The molecule has 1 N–H and O–H groups in total. The summed E-state index contributed by atoms with van der Waals surface area (Å²) in [6.45, 7) is 10.0. The minimum absolute atomic E-state index is 0. The molecule has 142 valence electrons. The molecular weight excluding hydrogens is 415 g/mol. The Labute approximate surface area is 165 Å². The molecule has 0 saturated carbocycles. The number of rotatable bonds is 7. The molecule has 2 fully saturated rings. The van der Waals surface area contributed by atoms with Gasteiger partial charge < -0.3 is 19.9 Å². The number of guanidine groups is 1. The highest BCUT2D eigenvalue weighted by molar-refractivity contribution is 14.0. The maximum Gasteiger partial charge on any atom is 0.193 e. The molecule has 0 aromatic rings. The van der Waals surface area contributed by atoms with Crippen LogP contribution in [0.5, 0.6) is 0 Å². The first-order chi connectivity index (χ1) is 11.2. The first-order valence-electron chi connectivity index (χ1n) is 9.44. The van der Waals surface area contributed by atoms with Gasteiger partial charge in [-0.1, -0.05) is 6.92 Å². The molecule has 6 heteroatoms. The Bertz CT molecular complexity index is 361. The zero-order valence-corrected chi connectivity index (χ0v) is 18.1. The largest absolute Gasteiger partial charge is 0.381 e. The number of nitrogens with zero attached hydrogens (tertiary/aromatic N) is 3. The monoisotopic (exact) mass is 452 g/mol. The third-order valence-electron chi connectivity index (χ3n) is 5.25. The molecule has 2 rings (SSSR count). The topological polar surface area (TPSA) is 40.1 Å². The molecule has 0 aromatic carbocycles. The van der Waals surface area contributed by atoms with Crippen LogP contribution in [0.3, 0.4) is 0 Å². The lowest BCUT2D eigenvalue weighted by atomic mass is 9.96. The highest BCUT2D eigenvalue weighted by Crippen LogP contribution is 2.18. The Hall–Kier alpha value is -0.0800. The van der Waals surface area contributed by atoms with Crippen molar-refractivity contribution < 1.29 is 4.74 Å². The fourth-order valence-corrected chi connectivity index (χ4v) is 3.74. The van der Waals surface area contributed by atoms with Crippen LogP contribution in [0.4, 0.5) is 0 Å². The molecule has 2 saturated heterocycles. The van der Waals surface area contributed by atoms with Gasteiger partial charge in [-0.15, -0.1) is 24.0 Å². The second kappa shape index (κ2) is 12.3. The van der Waals surface area contributed by atoms with E-state index in [2.05, 4.69) is 34.1 Å². The number of nitrogens with one attached hydrogen (secondary N) is 1. The molecule has 2 aliphatic heterocycles. The third-order valence-corrected chi connectivity index (χ3v) is 5.25. The van der Waals surface area contributed by atoms with Crippen LogP contribution < -0.4 is 5.32 Å². The van der Waals surface area contributed by atoms with Gasteiger partial charge in [0.25, 0.3) is 0 Å². The molecule has 1 atom stereocenters. The van der Waals surface area contributed by atoms with Crippen LogP contribution in [-0.4, -0.2) is 75.8 Å². The molecule has 1 unspecified atom stereocenters. The summed E-state index contributed by atoms with van der Waals surface area (Å²) in [5.41, 5.74) is 0. The molecule has 24 heavy (non-hydrogen) atoms. The van der Waals surface area contributed by atoms with Gasteiger partial charge in [0.15, 0.2) is 5.96 Å². The molecule has 0 radical (unpaired) electrons. The SMILES string of the molecule is CCCN1CCC(CNC(=NC)N(C)CCC2CCOCC2)C1.I. The summed E-state index contributed by atoms with van der Waals surface area (Å²) in [6.07, 6.45) is 6.26. The van der Waals surface area contributed by atoms with Gasteiger partial charge in [-0.3, -0.25) is 4.99 Å². The van der Waals surface area contributed by atoms with E-state index >= 15 is 0 Å². The van der Waals surface area contributed by atoms with E-state index in [9.17, 15) is 0 Å². The van der Waals surface area contributed by atoms with Crippen LogP contribution >= 0.6 is 24.0 Å². The standard InChI is InChI=1S/C18H36N4O.HI/c1-4-9-22-11-6-17(15-22)14-20-18(19-2)21(3)10-5-16-7-12-23-13-8-16;/h16-17H,4-15H2,1-3H3,(H,19,20);1H. The smallest absolute Gasteiger partial charge is 0.193 e. The Morgan fingerprint density at radius 2 is 2.00 bits per heavy atom. The maximum absolute atomic E-state index is 5.44. The van der Waals surface area contributed by atoms with Crippen molar-refractivity contribution in [1.29, 1.82) is 0 Å². The van der Waals surface area contributed by atoms with Crippen LogP contribution in [0.15, 0.2) is 4.99 Å². The van der Waals surface area contributed by atoms with E-state index in [0.717, 1.165) is 44.1 Å². The molecule has 0 spiro atoms. The summed E-state index contributed by atoms with van der Waals surface area (Å²) in [4.78, 5) is 9.33. The lowest BCUT2D eigenvalue weighted by molar-refractivity contribution is 0.0625. The third kappa shape index (κ3) is 7.44. The van der Waals surface area contributed by atoms with Crippen molar-refractivity contribution in [3.05, 3.63) is 0 Å². The van der Waals surface area contributed by atoms with Crippen molar-refractivity contribution in [2.24, 2.45) is 16.8 Å². The van der Waals surface area contributed by atoms with E-state index in [0.29, 0.717) is 0 Å². The second-order valence-corrected chi connectivity index (χ2v) is 7.15. The van der Waals surface area contributed by atoms with Gasteiger partial charge >= 0.3 is 0 Å². The van der Waals surface area contributed by atoms with Gasteiger partial charge in [0, 0.05) is 46.9 Å². The summed E-state index contributed by atoms with van der Waals surface area (Å²) >= 11 is 0. The molecule has 2 heterocycles. The van der Waals surface area contributed by atoms with E-state index in [1.165, 1.54) is 51.7 Å². The zero-order chi connectivity index (χ0) is 16.5. The first kappa shape index (κ1) is 22.0. The van der Waals surface area contributed by atoms with Crippen molar-refractivity contribution in [3.63, 3.8) is 0 Å². The van der Waals surface area contributed by atoms with Crippen LogP contribution in [-0.2, 0) is 4.74 Å². The number of aliphatic imine (C=N–C) groups is 1. The predicted octanol–water partition coefficient (Wildman–Crippen LogP) is 2.66. The predicted molar refractivity (Wildman–Crippen MR) is 112 cm³/mol. The fraction of sp³-hybridized carbons (Fsp3) is 0.944. The minimum atomic E-state index is 0. The number of ether oxygens (including phenoxy) is 1. The van der Waals surface area contributed by atoms with Gasteiger partial charge in [0.2, 0.25) is 0 Å². The van der Waals surface area contributed by atoms with E-state index in [1.807, 2.05) is 7.05 Å². The van der Waals surface area contributed by atoms with E-state index < -0.39 is 0 Å². The van der Waals surface area contributed by atoms with Crippen molar-refractivity contribution in [2.45, 2.75) is 39.0 Å². The Morgan fingerprint density at radius 1 is 1.25 bits per heavy atom. The Morgan fingerprint density at radius 3 is 2.67 bits per heavy atom. The summed E-state index contributed by atoms with van der Waals surface area (Å²) in [6, 6.07) is 0. The van der Waals surface area contributed by atoms with Crippen molar-refractivity contribution in [2.75, 3.05) is 60.0 Å². The molecule has 2 aliphatic rings. The van der Waals surface area contributed by atoms with E-state index in [1.54, 1.807) is 0 Å². The molecular formula is C18H37IN4O. The lowest BCUT2D eigenvalue weighted by Crippen LogP contribution is -2.42. The van der Waals surface area contributed by atoms with Crippen LogP contribution in [0.25, 0.3) is 0 Å². The van der Waals surface area contributed by atoms with Gasteiger partial charge in [0.1, 0.15) is 0 Å². The first-order valence-corrected chi connectivity index (χ1v) is 9.44. The minimum Gasteiger partial charge on any atom is -0.381 e. The number of hydrogen-bond acceptors (Lipinski definition) is 3. The van der Waals surface area contributed by atoms with Gasteiger partial charge in [0.05, 0.1) is 0 Å². The lowest BCUT2D eigenvalue weighted by Gasteiger charge is -2.27. The zero-order valence-electron chi connectivity index (χ0n) is 15.8. The summed E-state index contributed by atoms with van der Waals surface area (Å²) in [7, 11) is 4.05. The summed E-state index contributed by atoms with van der Waals surface area (Å²) < 4.78 is 5.44. The second-order valence-electron chi connectivity index (χ2n) is 7.15. The van der Waals surface area contributed by atoms with Gasteiger partial charge in [-0.05, 0) is 57.0 Å². The van der Waals surface area contributed by atoms with Crippen LogP contribution in [0.1, 0.15) is 39.0 Å². The summed E-state index contributed by atoms with van der Waals surface area (Å²) in [5, 5.41) is 3.59. The fourth-order valence-electron chi connectivity index (χ4n) is 3.74. The molecule has 0 bridgehead atoms. The van der Waals surface area contributed by atoms with Crippen molar-refractivity contribution >= 4 is 29.9 Å². The van der Waals surface area contributed by atoms with Crippen LogP contribution in [0.2, 0.25) is 0 Å². The molecule has 0 amide bonds. The van der Waals surface area contributed by atoms with Crippen LogP contribution in [0, 0.1) is 11.8 Å². The normalized spacial score (nSPS) is 23.1. The van der Waals surface area contributed by atoms with Gasteiger partial charge in [-0.25, -0.2) is 0 Å². The Balaban J connectivity index is 0.00000288. The number of hydrogen-bond donors (Lipinski definition) is 1. The van der Waals surface area contributed by atoms with E-state index in [4.69, 9.17) is 4.74 Å². The average Bonchev–Trinajstić information content (AvgIpc) is 3.02. The molecule has 5 nitrogen and oxygen atoms in total. The molecule has 0 aliphatic carbocycles. The van der Waals surface area contributed by atoms with E-state index in [-0.39, 0.29) is 24.0 Å². The summed E-state index contributed by atoms with van der Waals surface area (Å²) in [5.74, 6) is 2.63. The highest BCUT2D eigenvalue weighted by Gasteiger charge is 2.22. The Kier molecular flexibility index (Phi) is 11.3. The number of likely N-dealkylation sites (tertiary alicyclic amines) is 1. The highest BCUT2D eigenvalue weighted by atomic mass is 127. The number of halogens is 1.